The van der Waals surface area contributed by atoms with Crippen molar-refractivity contribution < 1.29 is 22.7 Å². The highest BCUT2D eigenvalue weighted by Crippen LogP contribution is 2.36. The van der Waals surface area contributed by atoms with Crippen molar-refractivity contribution in [2.75, 3.05) is 0 Å². The first-order valence-electron chi connectivity index (χ1n) is 5.73. The van der Waals surface area contributed by atoms with E-state index in [2.05, 4.69) is 0 Å². The fourth-order valence-corrected chi connectivity index (χ4v) is 2.22. The van der Waals surface area contributed by atoms with Gasteiger partial charge in [0.05, 0.1) is 26.2 Å². The van der Waals surface area contributed by atoms with Crippen LogP contribution in [0.25, 0.3) is 0 Å². The Morgan fingerprint density at radius 1 is 0.955 bits per heavy atom. The first-order valence-corrected chi connectivity index (χ1v) is 6.86. The average molecular weight is 370 g/mol. The van der Waals surface area contributed by atoms with Gasteiger partial charge in [-0.25, -0.2) is 4.79 Å². The molecule has 0 spiro atoms. The van der Waals surface area contributed by atoms with Gasteiger partial charge in [-0.3, -0.25) is 0 Å². The number of alkyl halides is 3. The molecule has 0 aliphatic rings. The van der Waals surface area contributed by atoms with Crippen molar-refractivity contribution in [2.24, 2.45) is 0 Å². The van der Waals surface area contributed by atoms with Crippen molar-refractivity contribution in [3.8, 4) is 5.75 Å². The number of halogens is 6. The first-order chi connectivity index (χ1) is 10.2. The van der Waals surface area contributed by atoms with E-state index in [1.54, 1.807) is 0 Å². The average Bonchev–Trinajstić information content (AvgIpc) is 2.43. The fourth-order valence-electron chi connectivity index (χ4n) is 1.65. The Balaban J connectivity index is 2.37. The predicted molar refractivity (Wildman–Crippen MR) is 77.9 cm³/mol. The highest BCUT2D eigenvalue weighted by Gasteiger charge is 2.35. The van der Waals surface area contributed by atoms with Crippen molar-refractivity contribution in [1.29, 1.82) is 0 Å². The fraction of sp³-hybridized carbons (Fsp3) is 0.0714. The molecule has 8 heteroatoms. The van der Waals surface area contributed by atoms with Gasteiger partial charge < -0.3 is 4.74 Å². The summed E-state index contributed by atoms with van der Waals surface area (Å²) in [4.78, 5) is 12.0. The molecule has 0 heterocycles. The summed E-state index contributed by atoms with van der Waals surface area (Å²) >= 11 is 17.3. The molecule has 2 rings (SSSR count). The second-order valence-corrected chi connectivity index (χ2v) is 5.35. The van der Waals surface area contributed by atoms with E-state index >= 15 is 0 Å². The molecule has 0 saturated carbocycles. The minimum absolute atomic E-state index is 0.0489. The molecule has 0 bridgehead atoms. The van der Waals surface area contributed by atoms with Gasteiger partial charge in [-0.05, 0) is 18.2 Å². The van der Waals surface area contributed by atoms with Crippen LogP contribution in [0.3, 0.4) is 0 Å². The summed E-state index contributed by atoms with van der Waals surface area (Å²) in [6.07, 6.45) is -4.68. The number of carbonyl (C=O) groups excluding carboxylic acids is 1. The van der Waals surface area contributed by atoms with Crippen LogP contribution < -0.4 is 4.74 Å². The Morgan fingerprint density at radius 3 is 2.18 bits per heavy atom. The lowest BCUT2D eigenvalue weighted by molar-refractivity contribution is -0.138. The molecular formula is C14H6Cl3F3O2. The van der Waals surface area contributed by atoms with Crippen molar-refractivity contribution in [1.82, 2.24) is 0 Å². The first kappa shape index (κ1) is 16.9. The van der Waals surface area contributed by atoms with Gasteiger partial charge >= 0.3 is 12.1 Å². The quantitative estimate of drug-likeness (QED) is 0.375. The van der Waals surface area contributed by atoms with Gasteiger partial charge in [0, 0.05) is 6.07 Å². The van der Waals surface area contributed by atoms with Crippen LogP contribution >= 0.6 is 34.8 Å². The second kappa shape index (κ2) is 6.36. The summed E-state index contributed by atoms with van der Waals surface area (Å²) in [6, 6.07) is 6.64. The third-order valence-electron chi connectivity index (χ3n) is 2.63. The van der Waals surface area contributed by atoms with Gasteiger partial charge in [-0.1, -0.05) is 46.9 Å². The maximum atomic E-state index is 12.9. The van der Waals surface area contributed by atoms with Gasteiger partial charge in [-0.15, -0.1) is 0 Å². The molecule has 0 aliphatic carbocycles. The molecule has 22 heavy (non-hydrogen) atoms. The maximum absolute atomic E-state index is 12.9. The molecule has 0 saturated heterocycles. The molecule has 0 fully saturated rings. The van der Waals surface area contributed by atoms with E-state index in [1.807, 2.05) is 0 Å². The number of rotatable bonds is 2. The minimum atomic E-state index is -4.68. The van der Waals surface area contributed by atoms with Crippen molar-refractivity contribution in [3.05, 3.63) is 62.6 Å². The second-order valence-electron chi connectivity index (χ2n) is 4.13. The topological polar surface area (TPSA) is 26.3 Å². The smallest absolute Gasteiger partial charge is 0.417 e. The standard InChI is InChI=1S/C14H6Cl3F3O2/c15-9-5-11(17)12(6-10(9)16)22-13(21)7-3-1-2-4-8(7)14(18,19)20/h1-6H. The maximum Gasteiger partial charge on any atom is 0.417 e. The lowest BCUT2D eigenvalue weighted by Crippen LogP contribution is -2.17. The van der Waals surface area contributed by atoms with Crippen molar-refractivity contribution in [2.45, 2.75) is 6.18 Å². The summed E-state index contributed by atoms with van der Waals surface area (Å²) in [5.41, 5.74) is -1.73. The molecule has 2 nitrogen and oxygen atoms in total. The van der Waals surface area contributed by atoms with Crippen LogP contribution in [-0.2, 0) is 6.18 Å². The lowest BCUT2D eigenvalue weighted by atomic mass is 10.1. The van der Waals surface area contributed by atoms with Crippen molar-refractivity contribution >= 4 is 40.8 Å². The Hall–Kier alpha value is -1.43. The number of benzene rings is 2. The normalized spacial score (nSPS) is 11.4. The van der Waals surface area contributed by atoms with E-state index in [0.717, 1.165) is 18.2 Å². The van der Waals surface area contributed by atoms with E-state index in [0.29, 0.717) is 0 Å². The van der Waals surface area contributed by atoms with Gasteiger partial charge in [-0.2, -0.15) is 13.2 Å². The predicted octanol–water partition coefficient (Wildman–Crippen LogP) is 5.88. The molecule has 0 aromatic heterocycles. The minimum Gasteiger partial charge on any atom is -0.421 e. The summed E-state index contributed by atoms with van der Waals surface area (Å²) in [6.45, 7) is 0. The third-order valence-corrected chi connectivity index (χ3v) is 3.65. The molecule has 116 valence electrons. The SMILES string of the molecule is O=C(Oc1cc(Cl)c(Cl)cc1Cl)c1ccccc1C(F)(F)F. The van der Waals surface area contributed by atoms with Gasteiger partial charge in [0.25, 0.3) is 0 Å². The molecule has 0 unspecified atom stereocenters. The van der Waals surface area contributed by atoms with Crippen LogP contribution in [0.5, 0.6) is 5.75 Å². The Bertz CT molecular complexity index is 730. The molecule has 0 atom stereocenters. The lowest BCUT2D eigenvalue weighted by Gasteiger charge is -2.12. The molecule has 0 amide bonds. The van der Waals surface area contributed by atoms with Crippen LogP contribution in [-0.4, -0.2) is 5.97 Å². The Kier molecular flexibility index (Phi) is 4.90. The zero-order chi connectivity index (χ0) is 16.5. The summed E-state index contributed by atoms with van der Waals surface area (Å²) in [5, 5.41) is 0.132. The van der Waals surface area contributed by atoms with Crippen LogP contribution in [0.1, 0.15) is 15.9 Å². The van der Waals surface area contributed by atoms with E-state index < -0.39 is 23.3 Å². The Labute approximate surface area is 138 Å². The summed E-state index contributed by atoms with van der Waals surface area (Å²) in [7, 11) is 0. The van der Waals surface area contributed by atoms with Gasteiger partial charge in [0.15, 0.2) is 5.75 Å². The highest BCUT2D eigenvalue weighted by molar-refractivity contribution is 6.43. The van der Waals surface area contributed by atoms with Crippen LogP contribution in [0.15, 0.2) is 36.4 Å². The number of hydrogen-bond donors (Lipinski definition) is 0. The van der Waals surface area contributed by atoms with E-state index in [-0.39, 0.29) is 20.8 Å². The summed E-state index contributed by atoms with van der Waals surface area (Å²) in [5.74, 6) is -1.38. The van der Waals surface area contributed by atoms with Crippen LogP contribution in [0.4, 0.5) is 13.2 Å². The van der Waals surface area contributed by atoms with Gasteiger partial charge in [0.2, 0.25) is 0 Å². The van der Waals surface area contributed by atoms with E-state index in [1.165, 1.54) is 18.2 Å². The van der Waals surface area contributed by atoms with E-state index in [9.17, 15) is 18.0 Å². The molecular weight excluding hydrogens is 364 g/mol. The van der Waals surface area contributed by atoms with Crippen molar-refractivity contribution in [3.63, 3.8) is 0 Å². The molecule has 0 N–H and O–H groups in total. The van der Waals surface area contributed by atoms with Gasteiger partial charge in [0.1, 0.15) is 0 Å². The number of hydrogen-bond acceptors (Lipinski definition) is 2. The molecule has 2 aromatic carbocycles. The number of carbonyl (C=O) groups is 1. The summed E-state index contributed by atoms with van der Waals surface area (Å²) < 4.78 is 43.5. The monoisotopic (exact) mass is 368 g/mol. The molecule has 0 radical (unpaired) electrons. The number of esters is 1. The molecule has 0 aliphatic heterocycles. The number of ether oxygens (including phenoxy) is 1. The largest absolute Gasteiger partial charge is 0.421 e. The van der Waals surface area contributed by atoms with E-state index in [4.69, 9.17) is 39.5 Å². The van der Waals surface area contributed by atoms with Crippen LogP contribution in [0.2, 0.25) is 15.1 Å². The highest BCUT2D eigenvalue weighted by atomic mass is 35.5. The Morgan fingerprint density at radius 2 is 1.55 bits per heavy atom. The third kappa shape index (κ3) is 3.66. The zero-order valence-corrected chi connectivity index (χ0v) is 12.8. The van der Waals surface area contributed by atoms with Crippen LogP contribution in [0, 0.1) is 0 Å². The zero-order valence-electron chi connectivity index (χ0n) is 10.5. The molecule has 2 aromatic rings.